The zero-order chi connectivity index (χ0) is 11.5. The summed E-state index contributed by atoms with van der Waals surface area (Å²) in [5, 5.41) is 0. The number of carbonyl (C=O) groups excluding carboxylic acids is 2. The first-order chi connectivity index (χ1) is 7.75. The summed E-state index contributed by atoms with van der Waals surface area (Å²) in [4.78, 5) is 25.3. The molecule has 0 saturated heterocycles. The Kier molecular flexibility index (Phi) is 3.64. The van der Waals surface area contributed by atoms with Gasteiger partial charge in [0.1, 0.15) is 0 Å². The van der Waals surface area contributed by atoms with Crippen molar-refractivity contribution in [1.82, 2.24) is 4.90 Å². The highest BCUT2D eigenvalue weighted by molar-refractivity contribution is 6.19. The number of imide groups is 1. The molecular formula is C12H16ClNO2. The zero-order valence-electron chi connectivity index (χ0n) is 9.30. The van der Waals surface area contributed by atoms with E-state index in [9.17, 15) is 9.59 Å². The summed E-state index contributed by atoms with van der Waals surface area (Å²) in [6.07, 6.45) is 5.30. The van der Waals surface area contributed by atoms with Crippen LogP contribution in [0.5, 0.6) is 0 Å². The average molecular weight is 242 g/mol. The van der Waals surface area contributed by atoms with Crippen LogP contribution in [0.1, 0.15) is 38.5 Å². The van der Waals surface area contributed by atoms with Crippen LogP contribution < -0.4 is 0 Å². The molecule has 0 aromatic rings. The highest BCUT2D eigenvalue weighted by Crippen LogP contribution is 2.32. The molecule has 0 unspecified atom stereocenters. The number of halogens is 1. The van der Waals surface area contributed by atoms with E-state index < -0.39 is 0 Å². The predicted molar refractivity (Wildman–Crippen MR) is 62.2 cm³/mol. The van der Waals surface area contributed by atoms with Crippen LogP contribution in [-0.4, -0.2) is 29.1 Å². The fraction of sp³-hybridized carbons (Fsp3) is 0.667. The van der Waals surface area contributed by atoms with E-state index in [0.717, 1.165) is 49.7 Å². The lowest BCUT2D eigenvalue weighted by atomic mass is 9.93. The Morgan fingerprint density at radius 1 is 1.00 bits per heavy atom. The van der Waals surface area contributed by atoms with Crippen molar-refractivity contribution in [2.75, 3.05) is 12.4 Å². The van der Waals surface area contributed by atoms with Gasteiger partial charge in [0.25, 0.3) is 11.8 Å². The molecule has 16 heavy (non-hydrogen) atoms. The number of carbonyl (C=O) groups is 2. The van der Waals surface area contributed by atoms with Crippen LogP contribution in [0.4, 0.5) is 0 Å². The number of alkyl halides is 1. The van der Waals surface area contributed by atoms with E-state index in [1.165, 1.54) is 4.90 Å². The third-order valence-corrected chi connectivity index (χ3v) is 3.51. The molecule has 0 aromatic carbocycles. The smallest absolute Gasteiger partial charge is 0.257 e. The third kappa shape index (κ3) is 2.01. The van der Waals surface area contributed by atoms with Gasteiger partial charge in [-0.2, -0.15) is 0 Å². The fourth-order valence-corrected chi connectivity index (χ4v) is 2.55. The molecule has 0 radical (unpaired) electrons. The van der Waals surface area contributed by atoms with Gasteiger partial charge >= 0.3 is 0 Å². The lowest BCUT2D eigenvalue weighted by Gasteiger charge is -2.14. The first-order valence-electron chi connectivity index (χ1n) is 5.90. The van der Waals surface area contributed by atoms with Gasteiger partial charge < -0.3 is 0 Å². The van der Waals surface area contributed by atoms with Gasteiger partial charge in [0.05, 0.1) is 0 Å². The third-order valence-electron chi connectivity index (χ3n) is 3.24. The number of amides is 2. The molecule has 3 nitrogen and oxygen atoms in total. The second kappa shape index (κ2) is 5.00. The molecule has 0 saturated carbocycles. The molecule has 0 aromatic heterocycles. The van der Waals surface area contributed by atoms with Crippen molar-refractivity contribution in [3.8, 4) is 0 Å². The Hall–Kier alpha value is -0.830. The molecule has 2 aliphatic rings. The van der Waals surface area contributed by atoms with Crippen molar-refractivity contribution < 1.29 is 9.59 Å². The van der Waals surface area contributed by atoms with Gasteiger partial charge in [0.2, 0.25) is 0 Å². The minimum Gasteiger partial charge on any atom is -0.275 e. The number of rotatable bonds is 4. The standard InChI is InChI=1S/C12H16ClNO2/c13-7-3-4-8-14-11(15)9-5-1-2-6-10(9)12(14)16/h1-8H2. The van der Waals surface area contributed by atoms with Crippen LogP contribution in [0.2, 0.25) is 0 Å². The summed E-state index contributed by atoms with van der Waals surface area (Å²) in [5.74, 6) is 0.493. The molecule has 1 aliphatic carbocycles. The minimum absolute atomic E-state index is 0.0470. The molecular weight excluding hydrogens is 226 g/mol. The van der Waals surface area contributed by atoms with Crippen molar-refractivity contribution in [2.45, 2.75) is 38.5 Å². The van der Waals surface area contributed by atoms with E-state index in [2.05, 4.69) is 0 Å². The van der Waals surface area contributed by atoms with Crippen molar-refractivity contribution >= 4 is 23.4 Å². The summed E-state index contributed by atoms with van der Waals surface area (Å²) in [6, 6.07) is 0. The molecule has 4 heteroatoms. The molecule has 1 heterocycles. The fourth-order valence-electron chi connectivity index (χ4n) is 2.36. The van der Waals surface area contributed by atoms with Crippen LogP contribution in [0.15, 0.2) is 11.1 Å². The van der Waals surface area contributed by atoms with Crippen LogP contribution in [0.3, 0.4) is 0 Å². The van der Waals surface area contributed by atoms with Crippen molar-refractivity contribution in [2.24, 2.45) is 0 Å². The van der Waals surface area contributed by atoms with Gasteiger partial charge in [-0.25, -0.2) is 0 Å². The predicted octanol–water partition coefficient (Wildman–Crippen LogP) is 2.24. The van der Waals surface area contributed by atoms with Gasteiger partial charge in [-0.1, -0.05) is 0 Å². The summed E-state index contributed by atoms with van der Waals surface area (Å²) >= 11 is 5.58. The molecule has 2 rings (SSSR count). The van der Waals surface area contributed by atoms with E-state index in [1.807, 2.05) is 0 Å². The van der Waals surface area contributed by atoms with E-state index >= 15 is 0 Å². The Morgan fingerprint density at radius 2 is 1.56 bits per heavy atom. The minimum atomic E-state index is -0.0470. The van der Waals surface area contributed by atoms with Crippen molar-refractivity contribution in [3.63, 3.8) is 0 Å². The van der Waals surface area contributed by atoms with Crippen LogP contribution in [0.25, 0.3) is 0 Å². The average Bonchev–Trinajstić information content (AvgIpc) is 2.55. The topological polar surface area (TPSA) is 37.4 Å². The second-order valence-electron chi connectivity index (χ2n) is 4.32. The van der Waals surface area contributed by atoms with Gasteiger partial charge in [0.15, 0.2) is 0 Å². The maximum Gasteiger partial charge on any atom is 0.257 e. The zero-order valence-corrected chi connectivity index (χ0v) is 10.1. The molecule has 0 bridgehead atoms. The molecule has 1 aliphatic heterocycles. The Morgan fingerprint density at radius 3 is 2.06 bits per heavy atom. The molecule has 0 spiro atoms. The highest BCUT2D eigenvalue weighted by Gasteiger charge is 2.37. The van der Waals surface area contributed by atoms with E-state index in [-0.39, 0.29) is 11.8 Å². The SMILES string of the molecule is O=C1C2=C(CCCC2)C(=O)N1CCCCCl. The van der Waals surface area contributed by atoms with Crippen molar-refractivity contribution in [3.05, 3.63) is 11.1 Å². The van der Waals surface area contributed by atoms with Gasteiger partial charge in [-0.05, 0) is 38.5 Å². The van der Waals surface area contributed by atoms with E-state index in [0.29, 0.717) is 12.4 Å². The quantitative estimate of drug-likeness (QED) is 0.430. The van der Waals surface area contributed by atoms with Crippen LogP contribution in [0, 0.1) is 0 Å². The number of unbranched alkanes of at least 4 members (excludes halogenated alkanes) is 1. The largest absolute Gasteiger partial charge is 0.275 e. The lowest BCUT2D eigenvalue weighted by molar-refractivity contribution is -0.137. The van der Waals surface area contributed by atoms with Gasteiger partial charge in [-0.15, -0.1) is 11.6 Å². The Balaban J connectivity index is 2.03. The maximum atomic E-state index is 12.0. The number of hydrogen-bond acceptors (Lipinski definition) is 2. The molecule has 0 atom stereocenters. The summed E-state index contributed by atoms with van der Waals surface area (Å²) < 4.78 is 0. The normalized spacial score (nSPS) is 20.7. The monoisotopic (exact) mass is 241 g/mol. The second-order valence-corrected chi connectivity index (χ2v) is 4.70. The molecule has 88 valence electrons. The maximum absolute atomic E-state index is 12.0. The first-order valence-corrected chi connectivity index (χ1v) is 6.43. The van der Waals surface area contributed by atoms with Crippen LogP contribution >= 0.6 is 11.6 Å². The summed E-state index contributed by atoms with van der Waals surface area (Å²) in [6.45, 7) is 0.525. The lowest BCUT2D eigenvalue weighted by Crippen LogP contribution is -2.32. The molecule has 0 N–H and O–H groups in total. The summed E-state index contributed by atoms with van der Waals surface area (Å²) in [5.41, 5.74) is 1.56. The Bertz CT molecular complexity index is 321. The number of nitrogens with zero attached hydrogens (tertiary/aromatic N) is 1. The number of hydrogen-bond donors (Lipinski definition) is 0. The van der Waals surface area contributed by atoms with Gasteiger partial charge in [-0.3, -0.25) is 14.5 Å². The van der Waals surface area contributed by atoms with Crippen LogP contribution in [-0.2, 0) is 9.59 Å². The first kappa shape index (κ1) is 11.6. The molecule has 2 amide bonds. The van der Waals surface area contributed by atoms with E-state index in [4.69, 9.17) is 11.6 Å². The Labute approximate surface area is 100 Å². The van der Waals surface area contributed by atoms with Crippen molar-refractivity contribution in [1.29, 1.82) is 0 Å². The van der Waals surface area contributed by atoms with Gasteiger partial charge in [0, 0.05) is 23.6 Å². The highest BCUT2D eigenvalue weighted by atomic mass is 35.5. The summed E-state index contributed by atoms with van der Waals surface area (Å²) in [7, 11) is 0. The molecule has 0 fully saturated rings. The van der Waals surface area contributed by atoms with E-state index in [1.54, 1.807) is 0 Å².